The van der Waals surface area contributed by atoms with Gasteiger partial charge in [0.25, 0.3) is 5.91 Å². The molecule has 2 aliphatic carbocycles. The first-order chi connectivity index (χ1) is 25.3. The van der Waals surface area contributed by atoms with E-state index < -0.39 is 79.7 Å². The normalized spacial score (nSPS) is 23.2. The number of aromatic nitrogens is 4. The standard InChI is InChI=1S/C38H48N8O7S/c1-8-26-21-38(26,34(49)43-54(51,52)28-18-19-28)40-32(47)29-20-27(22-45(29)33(48)30(36(2,3)4)39-35(50)53-37(5,6)7)46-42-31(41-44-46)25-16-14-24(15-17-25)23-12-10-9-11-13-23/h8-17,26-30H,1,18-22H2,2-7H3,(H,39,50)(H,40,47)(H,43,49)/t26-,27-,29+,30-,38-/m1/s1. The lowest BCUT2D eigenvalue weighted by Crippen LogP contribution is -2.60. The van der Waals surface area contributed by atoms with E-state index in [2.05, 4.69) is 37.3 Å². The predicted octanol–water partition coefficient (Wildman–Crippen LogP) is 3.76. The van der Waals surface area contributed by atoms with Gasteiger partial charge in [-0.25, -0.2) is 13.2 Å². The molecular weight excluding hydrogens is 713 g/mol. The molecule has 54 heavy (non-hydrogen) atoms. The number of carbonyl (C=O) groups excluding carboxylic acids is 4. The Kier molecular flexibility index (Phi) is 10.2. The highest BCUT2D eigenvalue weighted by molar-refractivity contribution is 7.91. The lowest BCUT2D eigenvalue weighted by Gasteiger charge is -2.36. The molecule has 15 nitrogen and oxygen atoms in total. The first-order valence-corrected chi connectivity index (χ1v) is 19.6. The van der Waals surface area contributed by atoms with Gasteiger partial charge in [0, 0.05) is 24.4 Å². The van der Waals surface area contributed by atoms with Crippen LogP contribution in [0.4, 0.5) is 4.79 Å². The number of rotatable bonds is 11. The maximum atomic E-state index is 14.5. The lowest BCUT2D eigenvalue weighted by atomic mass is 9.85. The van der Waals surface area contributed by atoms with E-state index in [4.69, 9.17) is 4.74 Å². The molecule has 2 heterocycles. The smallest absolute Gasteiger partial charge is 0.408 e. The van der Waals surface area contributed by atoms with Crippen LogP contribution in [0.2, 0.25) is 0 Å². The number of ether oxygens (including phenoxy) is 1. The Labute approximate surface area is 315 Å². The summed E-state index contributed by atoms with van der Waals surface area (Å²) in [7, 11) is -3.90. The van der Waals surface area contributed by atoms with Crippen molar-refractivity contribution in [2.45, 2.75) is 102 Å². The fourth-order valence-electron chi connectivity index (χ4n) is 6.67. The molecule has 0 unspecified atom stereocenters. The maximum absolute atomic E-state index is 14.5. The number of nitrogens with zero attached hydrogens (tertiary/aromatic N) is 5. The van der Waals surface area contributed by atoms with Gasteiger partial charge < -0.3 is 20.3 Å². The summed E-state index contributed by atoms with van der Waals surface area (Å²) in [5, 5.41) is 18.0. The van der Waals surface area contributed by atoms with Crippen molar-refractivity contribution in [1.82, 2.24) is 40.5 Å². The van der Waals surface area contributed by atoms with E-state index in [9.17, 15) is 27.6 Å². The van der Waals surface area contributed by atoms with E-state index >= 15 is 0 Å². The summed E-state index contributed by atoms with van der Waals surface area (Å²) in [4.78, 5) is 57.9. The molecule has 1 aromatic heterocycles. The fraction of sp³-hybridized carbons (Fsp3) is 0.500. The molecule has 6 rings (SSSR count). The summed E-state index contributed by atoms with van der Waals surface area (Å²) in [5.41, 5.74) is -0.414. The lowest BCUT2D eigenvalue weighted by molar-refractivity contribution is -0.143. The highest BCUT2D eigenvalue weighted by Crippen LogP contribution is 2.46. The molecule has 288 valence electrons. The molecular formula is C38H48N8O7S. The zero-order valence-corrected chi connectivity index (χ0v) is 32.2. The van der Waals surface area contributed by atoms with E-state index in [-0.39, 0.29) is 19.4 Å². The zero-order chi connectivity index (χ0) is 39.2. The average Bonchev–Trinajstić information content (AvgIpc) is 3.98. The summed E-state index contributed by atoms with van der Waals surface area (Å²) in [6.45, 7) is 14.2. The average molecular weight is 761 g/mol. The van der Waals surface area contributed by atoms with Crippen molar-refractivity contribution in [1.29, 1.82) is 0 Å². The highest BCUT2D eigenvalue weighted by atomic mass is 32.2. The van der Waals surface area contributed by atoms with Gasteiger partial charge in [-0.1, -0.05) is 81.4 Å². The second-order valence-corrected chi connectivity index (χ2v) is 18.4. The van der Waals surface area contributed by atoms with Crippen LogP contribution in [-0.4, -0.2) is 92.4 Å². The van der Waals surface area contributed by atoms with Crippen molar-refractivity contribution < 1.29 is 32.3 Å². The van der Waals surface area contributed by atoms with Crippen LogP contribution in [0, 0.1) is 11.3 Å². The number of carbonyl (C=O) groups is 4. The number of likely N-dealkylation sites (tertiary alicyclic amines) is 1. The SMILES string of the molecule is C=C[C@@H]1C[C@]1(NC(=O)[C@@H]1C[C@@H](n2nnc(-c3ccc(-c4ccccc4)cc3)n2)CN1C(=O)[C@@H](NC(=O)OC(C)(C)C)C(C)(C)C)C(=O)NS(=O)(=O)C1CC1. The minimum atomic E-state index is -3.90. The number of nitrogens with one attached hydrogen (secondary N) is 3. The molecule has 3 aromatic rings. The summed E-state index contributed by atoms with van der Waals surface area (Å²) < 4.78 is 33.0. The van der Waals surface area contributed by atoms with Gasteiger partial charge in [0.15, 0.2) is 0 Å². The monoisotopic (exact) mass is 760 g/mol. The first-order valence-electron chi connectivity index (χ1n) is 18.1. The minimum Gasteiger partial charge on any atom is -0.444 e. The van der Waals surface area contributed by atoms with Crippen LogP contribution >= 0.6 is 0 Å². The number of hydrogen-bond donors (Lipinski definition) is 3. The second-order valence-electron chi connectivity index (χ2n) is 16.4. The number of sulfonamides is 1. The van der Waals surface area contributed by atoms with Crippen molar-refractivity contribution in [2.24, 2.45) is 11.3 Å². The quantitative estimate of drug-likeness (QED) is 0.242. The fourth-order valence-corrected chi connectivity index (χ4v) is 8.03. The van der Waals surface area contributed by atoms with Crippen molar-refractivity contribution in [3.63, 3.8) is 0 Å². The Hall–Kier alpha value is -5.12. The Balaban J connectivity index is 1.27. The summed E-state index contributed by atoms with van der Waals surface area (Å²) in [5.74, 6) is -2.25. The number of amides is 4. The number of tetrazole rings is 1. The topological polar surface area (TPSA) is 195 Å². The van der Waals surface area contributed by atoms with Gasteiger partial charge in [0.05, 0.1) is 11.3 Å². The van der Waals surface area contributed by atoms with Gasteiger partial charge in [0.1, 0.15) is 23.2 Å². The first kappa shape index (κ1) is 38.6. The van der Waals surface area contributed by atoms with Crippen LogP contribution in [0.5, 0.6) is 0 Å². The Bertz CT molecular complexity index is 2030. The third-order valence-electron chi connectivity index (χ3n) is 9.89. The Morgan fingerprint density at radius 2 is 1.59 bits per heavy atom. The van der Waals surface area contributed by atoms with Crippen molar-refractivity contribution in [3.05, 3.63) is 67.3 Å². The Morgan fingerprint density at radius 3 is 2.17 bits per heavy atom. The number of alkyl carbamates (subject to hydrolysis) is 1. The molecule has 16 heteroatoms. The van der Waals surface area contributed by atoms with E-state index in [1.807, 2.05) is 54.6 Å². The van der Waals surface area contributed by atoms with Crippen LogP contribution in [0.15, 0.2) is 67.3 Å². The third-order valence-corrected chi connectivity index (χ3v) is 11.7. The van der Waals surface area contributed by atoms with Crippen LogP contribution in [0.1, 0.15) is 73.3 Å². The summed E-state index contributed by atoms with van der Waals surface area (Å²) in [6.07, 6.45) is 1.79. The molecule has 3 aliphatic rings. The van der Waals surface area contributed by atoms with Crippen LogP contribution in [0.3, 0.4) is 0 Å². The summed E-state index contributed by atoms with van der Waals surface area (Å²) in [6, 6.07) is 14.7. The molecule has 2 aromatic carbocycles. The van der Waals surface area contributed by atoms with E-state index in [0.29, 0.717) is 24.2 Å². The molecule has 1 saturated heterocycles. The molecule has 0 radical (unpaired) electrons. The van der Waals surface area contributed by atoms with Gasteiger partial charge >= 0.3 is 6.09 Å². The van der Waals surface area contributed by atoms with Gasteiger partial charge in [-0.3, -0.25) is 19.1 Å². The molecule has 2 saturated carbocycles. The minimum absolute atomic E-state index is 0.0254. The van der Waals surface area contributed by atoms with E-state index in [1.165, 1.54) is 15.8 Å². The zero-order valence-electron chi connectivity index (χ0n) is 31.4. The van der Waals surface area contributed by atoms with Crippen LogP contribution in [0.25, 0.3) is 22.5 Å². The van der Waals surface area contributed by atoms with Crippen molar-refractivity contribution in [3.8, 4) is 22.5 Å². The van der Waals surface area contributed by atoms with Gasteiger partial charge in [-0.2, -0.15) is 4.80 Å². The summed E-state index contributed by atoms with van der Waals surface area (Å²) >= 11 is 0. The molecule has 0 spiro atoms. The molecule has 1 aliphatic heterocycles. The van der Waals surface area contributed by atoms with Crippen LogP contribution in [-0.2, 0) is 29.1 Å². The van der Waals surface area contributed by atoms with Gasteiger partial charge in [-0.05, 0) is 61.8 Å². The molecule has 5 atom stereocenters. The van der Waals surface area contributed by atoms with E-state index in [1.54, 1.807) is 41.5 Å². The molecule has 0 bridgehead atoms. The van der Waals surface area contributed by atoms with Crippen LogP contribution < -0.4 is 15.4 Å². The highest BCUT2D eigenvalue weighted by Gasteiger charge is 2.62. The number of benzene rings is 2. The number of hydrogen-bond acceptors (Lipinski definition) is 10. The largest absolute Gasteiger partial charge is 0.444 e. The molecule has 3 fully saturated rings. The Morgan fingerprint density at radius 1 is 0.963 bits per heavy atom. The van der Waals surface area contributed by atoms with E-state index in [0.717, 1.165) is 11.1 Å². The third kappa shape index (κ3) is 8.32. The van der Waals surface area contributed by atoms with Gasteiger partial charge in [0.2, 0.25) is 27.7 Å². The second kappa shape index (κ2) is 14.3. The van der Waals surface area contributed by atoms with Crippen molar-refractivity contribution >= 4 is 33.8 Å². The van der Waals surface area contributed by atoms with Gasteiger partial charge in [-0.15, -0.1) is 16.8 Å². The maximum Gasteiger partial charge on any atom is 0.408 e. The van der Waals surface area contributed by atoms with Crippen molar-refractivity contribution in [2.75, 3.05) is 6.54 Å². The molecule has 3 N–H and O–H groups in total. The molecule has 4 amide bonds. The predicted molar refractivity (Wildman–Crippen MR) is 200 cm³/mol.